The van der Waals surface area contributed by atoms with Gasteiger partial charge in [-0.15, -0.1) is 0 Å². The molecule has 0 aromatic heterocycles. The van der Waals surface area contributed by atoms with E-state index in [0.717, 1.165) is 6.92 Å². The maximum atomic E-state index is 15.3. The zero-order valence-electron chi connectivity index (χ0n) is 27.7. The highest BCUT2D eigenvalue weighted by molar-refractivity contribution is 6.67. The normalized spacial score (nSPS) is 34.9. The van der Waals surface area contributed by atoms with Crippen molar-refractivity contribution in [1.82, 2.24) is 0 Å². The van der Waals surface area contributed by atoms with Crippen LogP contribution in [0.4, 0.5) is 4.79 Å². The molecule has 2 radical (unpaired) electrons. The van der Waals surface area contributed by atoms with Gasteiger partial charge in [-0.25, -0.2) is 9.59 Å². The third-order valence-electron chi connectivity index (χ3n) is 10.4. The molecule has 8 unspecified atom stereocenters. The van der Waals surface area contributed by atoms with Crippen LogP contribution in [-0.4, -0.2) is 87.6 Å². The summed E-state index contributed by atoms with van der Waals surface area (Å²) >= 11 is 17.3. The minimum Gasteiger partial charge on any atom is -0.455 e. The van der Waals surface area contributed by atoms with Crippen LogP contribution < -0.4 is 0 Å². The van der Waals surface area contributed by atoms with Gasteiger partial charge in [0.15, 0.2) is 17.5 Å². The summed E-state index contributed by atoms with van der Waals surface area (Å²) in [6.45, 7) is 7.69. The second kappa shape index (κ2) is 13.0. The van der Waals surface area contributed by atoms with E-state index >= 15 is 4.79 Å². The molecule has 0 spiro atoms. The van der Waals surface area contributed by atoms with Crippen LogP contribution in [-0.2, 0) is 42.8 Å². The van der Waals surface area contributed by atoms with Crippen LogP contribution >= 0.6 is 34.8 Å². The Morgan fingerprint density at radius 2 is 1.67 bits per heavy atom. The van der Waals surface area contributed by atoms with Gasteiger partial charge in [0.2, 0.25) is 3.79 Å². The molecule has 2 bridgehead atoms. The van der Waals surface area contributed by atoms with Crippen LogP contribution in [0.25, 0.3) is 0 Å². The predicted molar refractivity (Wildman–Crippen MR) is 172 cm³/mol. The number of carbonyl (C=O) groups is 5. The number of benzene rings is 1. The Bertz CT molecular complexity index is 1570. The van der Waals surface area contributed by atoms with Gasteiger partial charge in [-0.3, -0.25) is 14.4 Å². The van der Waals surface area contributed by atoms with Crippen LogP contribution in [0.15, 0.2) is 41.5 Å². The number of fused-ring (bicyclic) bond motifs is 5. The van der Waals surface area contributed by atoms with Gasteiger partial charge >= 0.3 is 24.1 Å². The molecule has 1 N–H and O–H groups in total. The molecule has 1 aromatic carbocycles. The summed E-state index contributed by atoms with van der Waals surface area (Å²) < 4.78 is 32.8. The SMILES string of the molecule is CC(=O)OC1C(=O)C2(C)C(OC(=O)OCC(Cl)(Cl)Cl)CC3OCC3(OC(C)=O)C2C(OC(=O)c2ccccc2)C2(O)C[C]C(C)=C1C2(C)C. The molecule has 49 heavy (non-hydrogen) atoms. The van der Waals surface area contributed by atoms with Crippen LogP contribution in [0.1, 0.15) is 64.7 Å². The summed E-state index contributed by atoms with van der Waals surface area (Å²) in [4.78, 5) is 67.8. The number of esters is 3. The van der Waals surface area contributed by atoms with Gasteiger partial charge in [0.25, 0.3) is 0 Å². The highest BCUT2D eigenvalue weighted by Gasteiger charge is 2.78. The maximum absolute atomic E-state index is 15.3. The molecule has 1 saturated heterocycles. The Labute approximate surface area is 298 Å². The number of hydrogen-bond donors (Lipinski definition) is 1. The molecule has 1 aromatic rings. The first-order valence-corrected chi connectivity index (χ1v) is 16.7. The van der Waals surface area contributed by atoms with Crippen molar-refractivity contribution in [1.29, 1.82) is 0 Å². The van der Waals surface area contributed by atoms with E-state index in [1.165, 1.54) is 26.0 Å². The molecule has 2 saturated carbocycles. The van der Waals surface area contributed by atoms with Crippen molar-refractivity contribution >= 4 is 64.6 Å². The Hall–Kier alpha value is -2.90. The number of allylic oxidation sites excluding steroid dienone is 1. The van der Waals surface area contributed by atoms with E-state index in [1.54, 1.807) is 39.0 Å². The predicted octanol–water partition coefficient (Wildman–Crippen LogP) is 4.90. The van der Waals surface area contributed by atoms with E-state index in [1.807, 2.05) is 0 Å². The molecule has 1 heterocycles. The van der Waals surface area contributed by atoms with Gasteiger partial charge in [-0.1, -0.05) is 72.4 Å². The molecular formula is C34H37Cl3O12. The summed E-state index contributed by atoms with van der Waals surface area (Å²) in [7, 11) is 0. The van der Waals surface area contributed by atoms with E-state index in [-0.39, 0.29) is 30.6 Å². The zero-order valence-corrected chi connectivity index (χ0v) is 29.9. The average Bonchev–Trinajstić information content (AvgIpc) is 3.00. The van der Waals surface area contributed by atoms with Crippen molar-refractivity contribution in [2.45, 2.75) is 93.8 Å². The number of ether oxygens (including phenoxy) is 6. The van der Waals surface area contributed by atoms with E-state index < -0.39 is 92.6 Å². The second-order valence-electron chi connectivity index (χ2n) is 13.6. The third-order valence-corrected chi connectivity index (χ3v) is 10.7. The number of alkyl halides is 3. The van der Waals surface area contributed by atoms with Crippen molar-refractivity contribution in [3.63, 3.8) is 0 Å². The zero-order chi connectivity index (χ0) is 36.3. The molecule has 8 atom stereocenters. The van der Waals surface area contributed by atoms with Crippen molar-refractivity contribution in [3.8, 4) is 0 Å². The van der Waals surface area contributed by atoms with Gasteiger partial charge in [0.05, 0.1) is 23.5 Å². The fourth-order valence-electron chi connectivity index (χ4n) is 8.00. The van der Waals surface area contributed by atoms with E-state index in [0.29, 0.717) is 5.57 Å². The quantitative estimate of drug-likeness (QED) is 0.239. The van der Waals surface area contributed by atoms with Crippen LogP contribution in [0, 0.1) is 23.2 Å². The van der Waals surface area contributed by atoms with E-state index in [2.05, 4.69) is 6.42 Å². The number of aliphatic hydroxyl groups is 1. The van der Waals surface area contributed by atoms with Crippen molar-refractivity contribution in [2.75, 3.05) is 13.2 Å². The number of halogens is 3. The highest BCUT2D eigenvalue weighted by atomic mass is 35.6. The van der Waals surface area contributed by atoms with Gasteiger partial charge in [0.1, 0.15) is 30.5 Å². The molecule has 12 nitrogen and oxygen atoms in total. The molecule has 5 rings (SSSR count). The lowest BCUT2D eigenvalue weighted by Crippen LogP contribution is -2.81. The lowest BCUT2D eigenvalue weighted by molar-refractivity contribution is -0.344. The van der Waals surface area contributed by atoms with Crippen molar-refractivity contribution in [2.24, 2.45) is 16.7 Å². The summed E-state index contributed by atoms with van der Waals surface area (Å²) in [5.74, 6) is -4.66. The maximum Gasteiger partial charge on any atom is 0.508 e. The fraction of sp³-hybridized carbons (Fsp3) is 0.588. The summed E-state index contributed by atoms with van der Waals surface area (Å²) in [6.07, 6.45) is -4.41. The minimum atomic E-state index is -2.08. The second-order valence-corrected chi connectivity index (χ2v) is 16.1. The lowest BCUT2D eigenvalue weighted by atomic mass is 9.45. The number of ketones is 1. The fourth-order valence-corrected chi connectivity index (χ4v) is 8.16. The molecule has 4 aliphatic rings. The molecule has 3 fully saturated rings. The molecule has 266 valence electrons. The largest absolute Gasteiger partial charge is 0.508 e. The lowest BCUT2D eigenvalue weighted by Gasteiger charge is -2.67. The Morgan fingerprint density at radius 3 is 2.22 bits per heavy atom. The number of rotatable bonds is 6. The molecule has 15 heteroatoms. The van der Waals surface area contributed by atoms with Crippen LogP contribution in [0.5, 0.6) is 0 Å². The topological polar surface area (TPSA) is 161 Å². The van der Waals surface area contributed by atoms with Gasteiger partial charge in [0, 0.05) is 32.1 Å². The first-order valence-electron chi connectivity index (χ1n) is 15.6. The Morgan fingerprint density at radius 1 is 1.02 bits per heavy atom. The molecular weight excluding hydrogens is 707 g/mol. The van der Waals surface area contributed by atoms with Crippen molar-refractivity contribution < 1.29 is 57.5 Å². The van der Waals surface area contributed by atoms with Crippen LogP contribution in [0.2, 0.25) is 0 Å². The monoisotopic (exact) mass is 742 g/mol. The molecule has 1 aliphatic heterocycles. The molecule has 3 aliphatic carbocycles. The standard InChI is InChI=1S/C34H37Cl3O12/c1-17-12-13-33(43)27(48-28(41)20-10-8-7-9-11-20)25-31(6,26(40)24(46-18(2)38)23(17)30(33,4)5)21(47-29(42)45-16-34(35,36)37)14-22-32(25,15-44-22)49-19(3)39/h7-11,21-22,24-25,27,43H,13-16H2,1-6H3. The van der Waals surface area contributed by atoms with Gasteiger partial charge in [-0.05, 0) is 38.0 Å². The number of Topliss-reactive ketones (excluding diaryl/α,β-unsaturated/α-hetero) is 1. The van der Waals surface area contributed by atoms with Crippen LogP contribution in [0.3, 0.4) is 0 Å². The van der Waals surface area contributed by atoms with Crippen molar-refractivity contribution in [3.05, 3.63) is 53.5 Å². The first kappa shape index (κ1) is 37.4. The minimum absolute atomic E-state index is 0.134. The number of carbonyl (C=O) groups excluding carboxylic acids is 5. The summed E-state index contributed by atoms with van der Waals surface area (Å²) in [5.41, 5.74) is -6.47. The highest BCUT2D eigenvalue weighted by Crippen LogP contribution is 2.64. The van der Waals surface area contributed by atoms with E-state index in [9.17, 15) is 24.3 Å². The van der Waals surface area contributed by atoms with Gasteiger partial charge < -0.3 is 33.5 Å². The van der Waals surface area contributed by atoms with Gasteiger partial charge in [-0.2, -0.15) is 0 Å². The average molecular weight is 744 g/mol. The summed E-state index contributed by atoms with van der Waals surface area (Å²) in [6, 6.07) is 7.98. The number of hydrogen-bond acceptors (Lipinski definition) is 12. The molecule has 0 amide bonds. The summed E-state index contributed by atoms with van der Waals surface area (Å²) in [5, 5.41) is 13.0. The first-order chi connectivity index (χ1) is 22.7. The van der Waals surface area contributed by atoms with E-state index in [4.69, 9.17) is 63.2 Å². The Balaban J connectivity index is 1.79. The third kappa shape index (κ3) is 6.32. The Kier molecular flexibility index (Phi) is 9.92. The smallest absolute Gasteiger partial charge is 0.455 e.